The summed E-state index contributed by atoms with van der Waals surface area (Å²) in [4.78, 5) is 40.6. The summed E-state index contributed by atoms with van der Waals surface area (Å²) in [5.41, 5.74) is 2.30. The standard InChI is InChI=1S/C27H28N2O7S/c1-18-19(15-28-11-9-20(14-24(28)30)36-12-10-21-7-5-13-37-21)6-4-8-23(18)29-17-35-16-22(26(31)33-2)25(29)27(32)34-3/h4-9,11,13-14H,10,12,15-17H2,1-3H3. The smallest absolute Gasteiger partial charge is 0.355 e. The van der Waals surface area contributed by atoms with Crippen LogP contribution in [0.3, 0.4) is 0 Å². The number of carbonyl (C=O) groups is 2. The molecule has 0 spiro atoms. The van der Waals surface area contributed by atoms with Gasteiger partial charge in [0.1, 0.15) is 18.2 Å². The number of pyridine rings is 1. The van der Waals surface area contributed by atoms with Gasteiger partial charge < -0.3 is 28.4 Å². The van der Waals surface area contributed by atoms with Crippen molar-refractivity contribution in [3.63, 3.8) is 0 Å². The molecule has 10 heteroatoms. The van der Waals surface area contributed by atoms with Crippen molar-refractivity contribution < 1.29 is 28.5 Å². The number of benzene rings is 1. The molecule has 0 saturated heterocycles. The molecule has 0 fully saturated rings. The Bertz CT molecular complexity index is 1360. The number of carbonyl (C=O) groups excluding carboxylic acids is 2. The van der Waals surface area contributed by atoms with E-state index < -0.39 is 11.9 Å². The number of ether oxygens (including phenoxy) is 4. The Balaban J connectivity index is 1.56. The summed E-state index contributed by atoms with van der Waals surface area (Å²) in [6.07, 6.45) is 2.49. The Morgan fingerprint density at radius 1 is 1.08 bits per heavy atom. The predicted molar refractivity (Wildman–Crippen MR) is 139 cm³/mol. The maximum atomic E-state index is 12.8. The van der Waals surface area contributed by atoms with E-state index in [4.69, 9.17) is 18.9 Å². The number of anilines is 1. The minimum Gasteiger partial charge on any atom is -0.493 e. The van der Waals surface area contributed by atoms with Crippen molar-refractivity contribution in [1.82, 2.24) is 4.57 Å². The van der Waals surface area contributed by atoms with Gasteiger partial charge in [-0.05, 0) is 41.6 Å². The van der Waals surface area contributed by atoms with Crippen LogP contribution in [0.5, 0.6) is 5.75 Å². The van der Waals surface area contributed by atoms with Gasteiger partial charge in [0.25, 0.3) is 5.56 Å². The van der Waals surface area contributed by atoms with Crippen LogP contribution in [-0.4, -0.2) is 50.7 Å². The second kappa shape index (κ2) is 11.9. The lowest BCUT2D eigenvalue weighted by Crippen LogP contribution is -2.39. The zero-order valence-electron chi connectivity index (χ0n) is 20.9. The zero-order chi connectivity index (χ0) is 26.4. The first-order chi connectivity index (χ1) is 17.9. The molecule has 3 heterocycles. The Hall–Kier alpha value is -3.89. The topological polar surface area (TPSA) is 96.3 Å². The van der Waals surface area contributed by atoms with Crippen LogP contribution >= 0.6 is 11.3 Å². The van der Waals surface area contributed by atoms with E-state index in [1.807, 2.05) is 36.6 Å². The average Bonchev–Trinajstić information content (AvgIpc) is 3.43. The first-order valence-corrected chi connectivity index (χ1v) is 12.5. The summed E-state index contributed by atoms with van der Waals surface area (Å²) in [5, 5.41) is 2.02. The molecule has 0 N–H and O–H groups in total. The summed E-state index contributed by atoms with van der Waals surface area (Å²) >= 11 is 1.67. The summed E-state index contributed by atoms with van der Waals surface area (Å²) in [6, 6.07) is 12.9. The third kappa shape index (κ3) is 5.92. The molecule has 0 radical (unpaired) electrons. The minimum absolute atomic E-state index is 0.0483. The van der Waals surface area contributed by atoms with Crippen LogP contribution in [0.4, 0.5) is 5.69 Å². The molecule has 0 atom stereocenters. The lowest BCUT2D eigenvalue weighted by atomic mass is 10.0. The number of nitrogens with zero attached hydrogens (tertiary/aromatic N) is 2. The Labute approximate surface area is 218 Å². The monoisotopic (exact) mass is 524 g/mol. The molecule has 0 aliphatic carbocycles. The maximum absolute atomic E-state index is 12.8. The molecular formula is C27H28N2O7S. The van der Waals surface area contributed by atoms with E-state index >= 15 is 0 Å². The third-order valence-corrected chi connectivity index (χ3v) is 6.98. The minimum atomic E-state index is -0.667. The quantitative estimate of drug-likeness (QED) is 0.394. The van der Waals surface area contributed by atoms with Gasteiger partial charge in [-0.15, -0.1) is 11.3 Å². The Kier molecular flexibility index (Phi) is 8.42. The Morgan fingerprint density at radius 3 is 2.59 bits per heavy atom. The third-order valence-electron chi connectivity index (χ3n) is 6.05. The fourth-order valence-electron chi connectivity index (χ4n) is 4.09. The highest BCUT2D eigenvalue weighted by molar-refractivity contribution is 7.09. The van der Waals surface area contributed by atoms with E-state index in [0.29, 0.717) is 24.6 Å². The molecule has 9 nitrogen and oxygen atoms in total. The van der Waals surface area contributed by atoms with Crippen molar-refractivity contribution in [3.8, 4) is 5.75 Å². The van der Waals surface area contributed by atoms with Crippen molar-refractivity contribution in [1.29, 1.82) is 0 Å². The van der Waals surface area contributed by atoms with Crippen LogP contribution in [0.2, 0.25) is 0 Å². The highest BCUT2D eigenvalue weighted by atomic mass is 32.1. The molecule has 0 amide bonds. The molecule has 37 heavy (non-hydrogen) atoms. The van der Waals surface area contributed by atoms with Gasteiger partial charge in [0, 0.05) is 29.2 Å². The number of rotatable bonds is 9. The van der Waals surface area contributed by atoms with E-state index in [-0.39, 0.29) is 30.2 Å². The average molecular weight is 525 g/mol. The summed E-state index contributed by atoms with van der Waals surface area (Å²) in [5.74, 6) is -0.806. The van der Waals surface area contributed by atoms with Gasteiger partial charge in [-0.25, -0.2) is 9.59 Å². The molecule has 194 valence electrons. The van der Waals surface area contributed by atoms with Crippen molar-refractivity contribution in [2.24, 2.45) is 0 Å². The summed E-state index contributed by atoms with van der Waals surface area (Å²) < 4.78 is 22.7. The molecule has 0 bridgehead atoms. The molecule has 3 aromatic rings. The lowest BCUT2D eigenvalue weighted by Gasteiger charge is -2.32. The van der Waals surface area contributed by atoms with Crippen LogP contribution < -0.4 is 15.2 Å². The van der Waals surface area contributed by atoms with Crippen LogP contribution in [-0.2, 0) is 36.8 Å². The van der Waals surface area contributed by atoms with Crippen molar-refractivity contribution in [3.05, 3.63) is 91.7 Å². The highest BCUT2D eigenvalue weighted by Crippen LogP contribution is 2.31. The second-order valence-corrected chi connectivity index (χ2v) is 9.32. The van der Waals surface area contributed by atoms with Gasteiger partial charge in [-0.1, -0.05) is 18.2 Å². The van der Waals surface area contributed by atoms with E-state index in [0.717, 1.165) is 17.5 Å². The SMILES string of the molecule is COC(=O)C1=C(C(=O)OC)N(c2cccc(Cn3ccc(OCCc4cccs4)cc3=O)c2C)COC1. The van der Waals surface area contributed by atoms with E-state index in [2.05, 4.69) is 6.07 Å². The number of esters is 2. The molecule has 1 aromatic carbocycles. The second-order valence-electron chi connectivity index (χ2n) is 8.28. The maximum Gasteiger partial charge on any atom is 0.355 e. The normalized spacial score (nSPS) is 13.4. The van der Waals surface area contributed by atoms with Gasteiger partial charge in [-0.3, -0.25) is 4.79 Å². The number of hydrogen-bond donors (Lipinski definition) is 0. The van der Waals surface area contributed by atoms with Crippen molar-refractivity contribution in [2.75, 3.05) is 39.1 Å². The summed E-state index contributed by atoms with van der Waals surface area (Å²) in [7, 11) is 2.50. The summed E-state index contributed by atoms with van der Waals surface area (Å²) in [6.45, 7) is 2.67. The number of thiophene rings is 1. The van der Waals surface area contributed by atoms with E-state index in [9.17, 15) is 14.4 Å². The molecular weight excluding hydrogens is 496 g/mol. The lowest BCUT2D eigenvalue weighted by molar-refractivity contribution is -0.140. The van der Waals surface area contributed by atoms with Crippen LogP contribution in [0, 0.1) is 6.92 Å². The first kappa shape index (κ1) is 26.2. The molecule has 0 unspecified atom stereocenters. The van der Waals surface area contributed by atoms with Gasteiger partial charge >= 0.3 is 11.9 Å². The van der Waals surface area contributed by atoms with Crippen LogP contribution in [0.1, 0.15) is 16.0 Å². The van der Waals surface area contributed by atoms with Gasteiger partial charge in [-0.2, -0.15) is 0 Å². The molecule has 2 aromatic heterocycles. The Morgan fingerprint density at radius 2 is 1.89 bits per heavy atom. The van der Waals surface area contributed by atoms with Gasteiger partial charge in [0.15, 0.2) is 0 Å². The molecule has 1 aliphatic heterocycles. The van der Waals surface area contributed by atoms with Crippen molar-refractivity contribution in [2.45, 2.75) is 19.9 Å². The molecule has 0 saturated carbocycles. The molecule has 4 rings (SSSR count). The van der Waals surface area contributed by atoms with E-state index in [1.54, 1.807) is 33.1 Å². The predicted octanol–water partition coefficient (Wildman–Crippen LogP) is 3.28. The zero-order valence-corrected chi connectivity index (χ0v) is 21.7. The van der Waals surface area contributed by atoms with Gasteiger partial charge in [0.05, 0.1) is 39.6 Å². The molecule has 1 aliphatic rings. The highest BCUT2D eigenvalue weighted by Gasteiger charge is 2.33. The van der Waals surface area contributed by atoms with Crippen molar-refractivity contribution >= 4 is 29.0 Å². The van der Waals surface area contributed by atoms with E-state index in [1.165, 1.54) is 25.2 Å². The van der Waals surface area contributed by atoms with Gasteiger partial charge in [0.2, 0.25) is 0 Å². The first-order valence-electron chi connectivity index (χ1n) is 11.6. The largest absolute Gasteiger partial charge is 0.493 e. The fraction of sp³-hybridized carbons (Fsp3) is 0.296. The number of hydrogen-bond acceptors (Lipinski definition) is 9. The van der Waals surface area contributed by atoms with Crippen LogP contribution in [0.15, 0.2) is 70.1 Å². The fourth-order valence-corrected chi connectivity index (χ4v) is 4.78. The number of aromatic nitrogens is 1. The number of methoxy groups -OCH3 is 2. The van der Waals surface area contributed by atoms with Crippen LogP contribution in [0.25, 0.3) is 0 Å².